The van der Waals surface area contributed by atoms with Crippen LogP contribution >= 0.6 is 0 Å². The van der Waals surface area contributed by atoms with Gasteiger partial charge in [-0.15, -0.1) is 0 Å². The van der Waals surface area contributed by atoms with E-state index in [0.29, 0.717) is 18.1 Å². The van der Waals surface area contributed by atoms with Crippen molar-refractivity contribution < 1.29 is 9.15 Å². The van der Waals surface area contributed by atoms with Crippen LogP contribution in [0.25, 0.3) is 11.2 Å². The Kier molecular flexibility index (Phi) is 3.56. The monoisotopic (exact) mass is 270 g/mol. The number of nitrogens with one attached hydrogen (secondary N) is 1. The first kappa shape index (κ1) is 12.6. The standard InChI is InChI=1S/C14H14N4O2/c1-19-9-11(12-3-2-8-20-12)17-13-5-4-10-14(18-13)16-7-6-15-10/h2-8,11H,9H2,1H3,(H,16,17,18). The van der Waals surface area contributed by atoms with Crippen LogP contribution in [0.1, 0.15) is 11.8 Å². The third-order valence-electron chi connectivity index (χ3n) is 2.87. The van der Waals surface area contributed by atoms with Crippen molar-refractivity contribution in [2.24, 2.45) is 0 Å². The van der Waals surface area contributed by atoms with Crippen LogP contribution < -0.4 is 5.32 Å². The fourth-order valence-electron chi connectivity index (χ4n) is 1.96. The maximum atomic E-state index is 5.41. The second-order valence-corrected chi connectivity index (χ2v) is 4.26. The summed E-state index contributed by atoms with van der Waals surface area (Å²) in [6.45, 7) is 0.480. The van der Waals surface area contributed by atoms with E-state index in [4.69, 9.17) is 9.15 Å². The number of nitrogens with zero attached hydrogens (tertiary/aromatic N) is 3. The highest BCUT2D eigenvalue weighted by Crippen LogP contribution is 2.20. The first-order chi connectivity index (χ1) is 9.86. The maximum Gasteiger partial charge on any atom is 0.180 e. The molecule has 6 heteroatoms. The fourth-order valence-corrected chi connectivity index (χ4v) is 1.96. The zero-order valence-electron chi connectivity index (χ0n) is 11.0. The number of hydrogen-bond acceptors (Lipinski definition) is 6. The van der Waals surface area contributed by atoms with E-state index in [0.717, 1.165) is 11.3 Å². The molecule has 0 aliphatic carbocycles. The van der Waals surface area contributed by atoms with Gasteiger partial charge in [0, 0.05) is 19.5 Å². The van der Waals surface area contributed by atoms with Gasteiger partial charge in [-0.2, -0.15) is 0 Å². The molecule has 0 aliphatic rings. The van der Waals surface area contributed by atoms with Gasteiger partial charge in [0.2, 0.25) is 0 Å². The molecule has 3 rings (SSSR count). The Morgan fingerprint density at radius 2 is 2.15 bits per heavy atom. The predicted molar refractivity (Wildman–Crippen MR) is 74.3 cm³/mol. The molecule has 0 fully saturated rings. The van der Waals surface area contributed by atoms with Gasteiger partial charge in [-0.25, -0.2) is 9.97 Å². The Labute approximate surface area is 115 Å². The van der Waals surface area contributed by atoms with Crippen LogP contribution in [-0.4, -0.2) is 28.7 Å². The van der Waals surface area contributed by atoms with Crippen molar-refractivity contribution in [1.29, 1.82) is 0 Å². The lowest BCUT2D eigenvalue weighted by molar-refractivity contribution is 0.178. The van der Waals surface area contributed by atoms with E-state index in [1.165, 1.54) is 0 Å². The van der Waals surface area contributed by atoms with Crippen LogP contribution in [0.15, 0.2) is 47.3 Å². The largest absolute Gasteiger partial charge is 0.467 e. The number of pyridine rings is 1. The van der Waals surface area contributed by atoms with E-state index in [2.05, 4.69) is 20.3 Å². The highest BCUT2D eigenvalue weighted by Gasteiger charge is 2.14. The molecule has 0 spiro atoms. The molecule has 0 saturated heterocycles. The molecule has 1 atom stereocenters. The lowest BCUT2D eigenvalue weighted by Gasteiger charge is -2.16. The van der Waals surface area contributed by atoms with Crippen molar-refractivity contribution >= 4 is 17.0 Å². The summed E-state index contributed by atoms with van der Waals surface area (Å²) in [6, 6.07) is 7.39. The first-order valence-corrected chi connectivity index (χ1v) is 6.23. The van der Waals surface area contributed by atoms with Crippen LogP contribution in [0, 0.1) is 0 Å². The van der Waals surface area contributed by atoms with Crippen molar-refractivity contribution in [3.63, 3.8) is 0 Å². The third-order valence-corrected chi connectivity index (χ3v) is 2.87. The highest BCUT2D eigenvalue weighted by molar-refractivity contribution is 5.71. The zero-order chi connectivity index (χ0) is 13.8. The van der Waals surface area contributed by atoms with Crippen molar-refractivity contribution in [2.45, 2.75) is 6.04 Å². The minimum atomic E-state index is -0.100. The number of rotatable bonds is 5. The number of methoxy groups -OCH3 is 1. The minimum Gasteiger partial charge on any atom is -0.467 e. The van der Waals surface area contributed by atoms with Gasteiger partial charge in [0.15, 0.2) is 5.65 Å². The SMILES string of the molecule is COCC(Nc1ccc2nccnc2n1)c1ccco1. The minimum absolute atomic E-state index is 0.100. The molecule has 0 aromatic carbocycles. The van der Waals surface area contributed by atoms with E-state index in [-0.39, 0.29) is 6.04 Å². The number of anilines is 1. The van der Waals surface area contributed by atoms with Gasteiger partial charge in [-0.05, 0) is 24.3 Å². The molecule has 3 aromatic rings. The Hall–Kier alpha value is -2.47. The molecule has 1 unspecified atom stereocenters. The summed E-state index contributed by atoms with van der Waals surface area (Å²) in [6.07, 6.45) is 4.91. The van der Waals surface area contributed by atoms with E-state index in [9.17, 15) is 0 Å². The molecule has 0 radical (unpaired) electrons. The van der Waals surface area contributed by atoms with Crippen LogP contribution in [0.3, 0.4) is 0 Å². The molecule has 102 valence electrons. The predicted octanol–water partition coefficient (Wildman–Crippen LogP) is 2.42. The fraction of sp³-hybridized carbons (Fsp3) is 0.214. The Balaban J connectivity index is 1.86. The maximum absolute atomic E-state index is 5.41. The molecule has 1 N–H and O–H groups in total. The van der Waals surface area contributed by atoms with Crippen LogP contribution in [0.4, 0.5) is 5.82 Å². The zero-order valence-corrected chi connectivity index (χ0v) is 11.0. The van der Waals surface area contributed by atoms with E-state index < -0.39 is 0 Å². The molecule has 0 bridgehead atoms. The van der Waals surface area contributed by atoms with Crippen LogP contribution in [-0.2, 0) is 4.74 Å². The summed E-state index contributed by atoms with van der Waals surface area (Å²) in [5, 5.41) is 3.28. The van der Waals surface area contributed by atoms with Crippen molar-refractivity contribution in [3.05, 3.63) is 48.7 Å². The lowest BCUT2D eigenvalue weighted by Crippen LogP contribution is -2.16. The summed E-state index contributed by atoms with van der Waals surface area (Å²) < 4.78 is 10.6. The first-order valence-electron chi connectivity index (χ1n) is 6.23. The summed E-state index contributed by atoms with van der Waals surface area (Å²) in [7, 11) is 1.65. The van der Waals surface area contributed by atoms with E-state index >= 15 is 0 Å². The molecule has 20 heavy (non-hydrogen) atoms. The van der Waals surface area contributed by atoms with Crippen molar-refractivity contribution in [3.8, 4) is 0 Å². The van der Waals surface area contributed by atoms with Gasteiger partial charge >= 0.3 is 0 Å². The lowest BCUT2D eigenvalue weighted by atomic mass is 10.2. The summed E-state index contributed by atoms with van der Waals surface area (Å²) in [4.78, 5) is 12.8. The smallest absolute Gasteiger partial charge is 0.180 e. The number of aromatic nitrogens is 3. The van der Waals surface area contributed by atoms with Gasteiger partial charge in [0.1, 0.15) is 23.1 Å². The van der Waals surface area contributed by atoms with Crippen molar-refractivity contribution in [1.82, 2.24) is 15.0 Å². The molecule has 3 heterocycles. The number of ether oxygens (including phenoxy) is 1. The molecular formula is C14H14N4O2. The average Bonchev–Trinajstić information content (AvgIpc) is 3.01. The molecule has 3 aromatic heterocycles. The summed E-state index contributed by atoms with van der Waals surface area (Å²) in [5.41, 5.74) is 1.37. The van der Waals surface area contributed by atoms with Crippen molar-refractivity contribution in [2.75, 3.05) is 19.0 Å². The second kappa shape index (κ2) is 5.66. The van der Waals surface area contributed by atoms with Gasteiger partial charge in [-0.3, -0.25) is 4.98 Å². The number of fused-ring (bicyclic) bond motifs is 1. The van der Waals surface area contributed by atoms with Crippen LogP contribution in [0.2, 0.25) is 0 Å². The Morgan fingerprint density at radius 3 is 2.95 bits per heavy atom. The van der Waals surface area contributed by atoms with Gasteiger partial charge in [0.05, 0.1) is 12.9 Å². The van der Waals surface area contributed by atoms with E-state index in [1.807, 2.05) is 24.3 Å². The van der Waals surface area contributed by atoms with Gasteiger partial charge < -0.3 is 14.5 Å². The Morgan fingerprint density at radius 1 is 1.25 bits per heavy atom. The molecule has 0 saturated carbocycles. The average molecular weight is 270 g/mol. The molecule has 0 amide bonds. The normalized spacial score (nSPS) is 12.4. The molecule has 0 aliphatic heterocycles. The second-order valence-electron chi connectivity index (χ2n) is 4.26. The van der Waals surface area contributed by atoms with Crippen LogP contribution in [0.5, 0.6) is 0 Å². The van der Waals surface area contributed by atoms with E-state index in [1.54, 1.807) is 25.8 Å². The van der Waals surface area contributed by atoms with Gasteiger partial charge in [0.25, 0.3) is 0 Å². The third kappa shape index (κ3) is 2.60. The number of furan rings is 1. The topological polar surface area (TPSA) is 73.1 Å². The summed E-state index contributed by atoms with van der Waals surface area (Å²) >= 11 is 0. The molecular weight excluding hydrogens is 256 g/mol. The number of hydrogen-bond donors (Lipinski definition) is 1. The highest BCUT2D eigenvalue weighted by atomic mass is 16.5. The van der Waals surface area contributed by atoms with Gasteiger partial charge in [-0.1, -0.05) is 0 Å². The quantitative estimate of drug-likeness (QED) is 0.767. The summed E-state index contributed by atoms with van der Waals surface area (Å²) in [5.74, 6) is 1.50. The molecule has 6 nitrogen and oxygen atoms in total. The Bertz CT molecular complexity index is 684.